The van der Waals surface area contributed by atoms with Crippen LogP contribution >= 0.6 is 17.3 Å². The molecule has 0 aromatic carbocycles. The van der Waals surface area contributed by atoms with Crippen molar-refractivity contribution in [3.05, 3.63) is 0 Å². The van der Waals surface area contributed by atoms with Gasteiger partial charge in [-0.3, -0.25) is 4.67 Å². The van der Waals surface area contributed by atoms with Crippen LogP contribution in [0.15, 0.2) is 0 Å². The number of hydrogen-bond acceptors (Lipinski definition) is 2. The van der Waals surface area contributed by atoms with Crippen LogP contribution in [0.4, 0.5) is 0 Å². The average Bonchev–Trinajstić information content (AvgIpc) is 2.29. The number of rotatable bonds is 3. The van der Waals surface area contributed by atoms with Gasteiger partial charge in [0, 0.05) is 19.1 Å². The summed E-state index contributed by atoms with van der Waals surface area (Å²) in [6, 6.07) is 0.797. The van der Waals surface area contributed by atoms with Crippen LogP contribution in [0.3, 0.4) is 0 Å². The van der Waals surface area contributed by atoms with E-state index in [1.54, 1.807) is 0 Å². The van der Waals surface area contributed by atoms with Crippen molar-refractivity contribution in [2.45, 2.75) is 19.4 Å². The van der Waals surface area contributed by atoms with Crippen LogP contribution in [-0.4, -0.2) is 42.8 Å². The summed E-state index contributed by atoms with van der Waals surface area (Å²) >= 11 is 0. The standard InChI is InChI=1S/C8H20N2P2/c1-7-4-8(6-9(2)3)10(5-7)12-11/h7-8,12H,4-6,11H2,1-3H3. The van der Waals surface area contributed by atoms with Crippen molar-refractivity contribution in [1.29, 1.82) is 0 Å². The van der Waals surface area contributed by atoms with E-state index in [2.05, 4.69) is 39.5 Å². The van der Waals surface area contributed by atoms with Gasteiger partial charge in [-0.15, -0.1) is 0 Å². The molecule has 12 heavy (non-hydrogen) atoms. The monoisotopic (exact) mass is 206 g/mol. The van der Waals surface area contributed by atoms with E-state index in [0.717, 1.165) is 20.4 Å². The second kappa shape index (κ2) is 4.86. The van der Waals surface area contributed by atoms with Gasteiger partial charge in [-0.2, -0.15) is 0 Å². The molecule has 0 aromatic heterocycles. The van der Waals surface area contributed by atoms with Gasteiger partial charge in [-0.1, -0.05) is 15.9 Å². The molecule has 1 heterocycles. The summed E-state index contributed by atoms with van der Waals surface area (Å²) in [4.78, 5) is 2.29. The van der Waals surface area contributed by atoms with Crippen molar-refractivity contribution >= 4 is 17.3 Å². The number of hydrogen-bond donors (Lipinski definition) is 0. The largest absolute Gasteiger partial charge is 0.308 e. The fraction of sp³-hybridized carbons (Fsp3) is 1.00. The Bertz CT molecular complexity index is 141. The molecule has 1 aliphatic rings. The van der Waals surface area contributed by atoms with Gasteiger partial charge in [0.25, 0.3) is 0 Å². The molecule has 0 spiro atoms. The van der Waals surface area contributed by atoms with Gasteiger partial charge in [-0.25, -0.2) is 0 Å². The smallest absolute Gasteiger partial charge is 0.0265 e. The first-order valence-corrected chi connectivity index (χ1v) is 7.26. The third-order valence-corrected chi connectivity index (χ3v) is 4.24. The van der Waals surface area contributed by atoms with E-state index >= 15 is 0 Å². The molecule has 4 heteroatoms. The molecule has 1 aliphatic heterocycles. The van der Waals surface area contributed by atoms with E-state index in [1.807, 2.05) is 0 Å². The van der Waals surface area contributed by atoms with Crippen LogP contribution in [0, 0.1) is 5.92 Å². The highest BCUT2D eigenvalue weighted by Gasteiger charge is 2.28. The Morgan fingerprint density at radius 3 is 2.75 bits per heavy atom. The molecule has 0 N–H and O–H groups in total. The minimum atomic E-state index is 0.797. The van der Waals surface area contributed by atoms with E-state index < -0.39 is 0 Å². The zero-order valence-corrected chi connectivity index (χ0v) is 10.4. The maximum Gasteiger partial charge on any atom is 0.0265 e. The predicted octanol–water partition coefficient (Wildman–Crippen LogP) is 1.64. The van der Waals surface area contributed by atoms with Crippen LogP contribution in [0.1, 0.15) is 13.3 Å². The van der Waals surface area contributed by atoms with Crippen LogP contribution < -0.4 is 0 Å². The Hall–Kier alpha value is 0.780. The minimum Gasteiger partial charge on any atom is -0.308 e. The second-order valence-electron chi connectivity index (χ2n) is 4.04. The molecule has 0 aromatic rings. The highest BCUT2D eigenvalue weighted by atomic mass is 32.0. The van der Waals surface area contributed by atoms with Crippen LogP contribution in [0.25, 0.3) is 0 Å². The van der Waals surface area contributed by atoms with Crippen molar-refractivity contribution in [3.63, 3.8) is 0 Å². The SMILES string of the molecule is CC1CC(CN(C)C)N(PP)C1. The normalized spacial score (nSPS) is 32.8. The predicted molar refractivity (Wildman–Crippen MR) is 60.9 cm³/mol. The van der Waals surface area contributed by atoms with Gasteiger partial charge in [0.2, 0.25) is 0 Å². The molecule has 0 bridgehead atoms. The topological polar surface area (TPSA) is 6.48 Å². The van der Waals surface area contributed by atoms with Crippen molar-refractivity contribution in [2.75, 3.05) is 27.2 Å². The highest BCUT2D eigenvalue weighted by molar-refractivity contribution is 8.01. The zero-order valence-electron chi connectivity index (χ0n) is 8.25. The summed E-state index contributed by atoms with van der Waals surface area (Å²) in [5.41, 5.74) is 0. The highest BCUT2D eigenvalue weighted by Crippen LogP contribution is 2.37. The minimum absolute atomic E-state index is 0.797. The van der Waals surface area contributed by atoms with E-state index in [1.165, 1.54) is 19.5 Å². The van der Waals surface area contributed by atoms with E-state index in [-0.39, 0.29) is 0 Å². The van der Waals surface area contributed by atoms with Gasteiger partial charge < -0.3 is 4.90 Å². The molecule has 2 nitrogen and oxygen atoms in total. The molecule has 72 valence electrons. The maximum atomic E-state index is 2.86. The molecule has 0 radical (unpaired) electrons. The van der Waals surface area contributed by atoms with Gasteiger partial charge in [-0.05, 0) is 34.9 Å². The summed E-state index contributed by atoms with van der Waals surface area (Å²) in [5.74, 6) is 0.892. The third kappa shape index (κ3) is 2.92. The van der Waals surface area contributed by atoms with Crippen LogP contribution in [0.2, 0.25) is 0 Å². The molecule has 1 fully saturated rings. The summed E-state index contributed by atoms with van der Waals surface area (Å²) in [7, 11) is 8.08. The lowest BCUT2D eigenvalue weighted by molar-refractivity contribution is 0.304. The van der Waals surface area contributed by atoms with E-state index in [0.29, 0.717) is 0 Å². The van der Waals surface area contributed by atoms with Crippen molar-refractivity contribution < 1.29 is 0 Å². The molecule has 0 aliphatic carbocycles. The summed E-state index contributed by atoms with van der Waals surface area (Å²) < 4.78 is 2.59. The molecular weight excluding hydrogens is 186 g/mol. The quantitative estimate of drug-likeness (QED) is 0.648. The molecule has 0 amide bonds. The van der Waals surface area contributed by atoms with E-state index in [9.17, 15) is 0 Å². The third-order valence-electron chi connectivity index (χ3n) is 2.37. The Balaban J connectivity index is 2.40. The molecule has 1 saturated heterocycles. The number of nitrogens with zero attached hydrogens (tertiary/aromatic N) is 2. The fourth-order valence-electron chi connectivity index (χ4n) is 1.90. The van der Waals surface area contributed by atoms with Gasteiger partial charge in [0.15, 0.2) is 0 Å². The lowest BCUT2D eigenvalue weighted by Gasteiger charge is -2.24. The Labute approximate surface area is 80.0 Å². The average molecular weight is 206 g/mol. The van der Waals surface area contributed by atoms with Crippen molar-refractivity contribution in [3.8, 4) is 0 Å². The van der Waals surface area contributed by atoms with Crippen LogP contribution in [0.5, 0.6) is 0 Å². The lowest BCUT2D eigenvalue weighted by Crippen LogP contribution is -2.32. The molecule has 1 rings (SSSR count). The maximum absolute atomic E-state index is 2.86. The molecule has 4 atom stereocenters. The zero-order chi connectivity index (χ0) is 9.14. The Morgan fingerprint density at radius 1 is 1.58 bits per heavy atom. The first kappa shape index (κ1) is 10.9. The lowest BCUT2D eigenvalue weighted by atomic mass is 10.1. The van der Waals surface area contributed by atoms with Crippen LogP contribution in [-0.2, 0) is 0 Å². The number of likely N-dealkylation sites (N-methyl/N-ethyl adjacent to an activating group) is 1. The first-order valence-electron chi connectivity index (χ1n) is 4.51. The molecule has 0 saturated carbocycles. The summed E-state index contributed by atoms with van der Waals surface area (Å²) in [5, 5.41) is 0. The van der Waals surface area contributed by atoms with Gasteiger partial charge in [0.1, 0.15) is 0 Å². The van der Waals surface area contributed by atoms with Gasteiger partial charge in [0.05, 0.1) is 0 Å². The first-order chi connectivity index (χ1) is 5.63. The summed E-state index contributed by atoms with van der Waals surface area (Å²) in [6.45, 7) is 4.86. The summed E-state index contributed by atoms with van der Waals surface area (Å²) in [6.07, 6.45) is 1.37. The Morgan fingerprint density at radius 2 is 2.25 bits per heavy atom. The molecule has 4 unspecified atom stereocenters. The van der Waals surface area contributed by atoms with E-state index in [4.69, 9.17) is 0 Å². The second-order valence-corrected chi connectivity index (χ2v) is 5.65. The Kier molecular flexibility index (Phi) is 4.40. The van der Waals surface area contributed by atoms with Gasteiger partial charge >= 0.3 is 0 Å². The van der Waals surface area contributed by atoms with Crippen molar-refractivity contribution in [2.24, 2.45) is 5.92 Å². The van der Waals surface area contributed by atoms with Crippen molar-refractivity contribution in [1.82, 2.24) is 9.57 Å². The fourth-order valence-corrected chi connectivity index (χ4v) is 3.67. The molecular formula is C8H20N2P2.